The molecule has 0 N–H and O–H groups in total. The maximum Gasteiger partial charge on any atom is 0.104 e. The van der Waals surface area contributed by atoms with E-state index in [0.717, 1.165) is 45.0 Å². The molecule has 0 aliphatic carbocycles. The second-order valence-electron chi connectivity index (χ2n) is 7.50. The molecule has 0 unspecified atom stereocenters. The Hall–Kier alpha value is -4.84. The molecule has 0 bridgehead atoms. The van der Waals surface area contributed by atoms with Gasteiger partial charge in [0.2, 0.25) is 0 Å². The Kier molecular flexibility index (Phi) is 6.30. The van der Waals surface area contributed by atoms with Crippen LogP contribution >= 0.6 is 0 Å². The lowest BCUT2D eigenvalue weighted by Crippen LogP contribution is -1.81. The fraction of sp³-hybridized carbons (Fsp3) is 0. The zero-order valence-corrected chi connectivity index (χ0v) is 18.2. The second-order valence-corrected chi connectivity index (χ2v) is 7.50. The van der Waals surface area contributed by atoms with Gasteiger partial charge in [-0.15, -0.1) is 10.2 Å². The molecule has 0 atom stereocenters. The highest BCUT2D eigenvalue weighted by atomic mass is 15.1. The summed E-state index contributed by atoms with van der Waals surface area (Å²) >= 11 is 0. The molecule has 0 amide bonds. The van der Waals surface area contributed by atoms with Crippen molar-refractivity contribution >= 4 is 22.7 Å². The van der Waals surface area contributed by atoms with Gasteiger partial charge in [0.25, 0.3) is 0 Å². The zero-order chi connectivity index (χ0) is 23.0. The molecule has 0 aliphatic rings. The van der Waals surface area contributed by atoms with Crippen LogP contribution < -0.4 is 0 Å². The predicted octanol–water partition coefficient (Wildman–Crippen LogP) is 8.64. The topological polar surface area (TPSA) is 75.2 Å². The fourth-order valence-electron chi connectivity index (χ4n) is 3.38. The smallest absolute Gasteiger partial charge is 0.104 e. The highest BCUT2D eigenvalue weighted by molar-refractivity contribution is 5.74. The van der Waals surface area contributed by atoms with Crippen molar-refractivity contribution in [3.63, 3.8) is 0 Å². The summed E-state index contributed by atoms with van der Waals surface area (Å²) < 4.78 is 0. The first-order chi connectivity index (χ1) is 16.8. The lowest BCUT2D eigenvalue weighted by atomic mass is 9.99. The molecule has 6 heteroatoms. The third-order valence-corrected chi connectivity index (χ3v) is 5.12. The molecule has 2 aromatic heterocycles. The van der Waals surface area contributed by atoms with Gasteiger partial charge in [-0.25, -0.2) is 0 Å². The first-order valence-electron chi connectivity index (χ1n) is 10.8. The second kappa shape index (κ2) is 10.2. The molecule has 2 heterocycles. The van der Waals surface area contributed by atoms with Crippen molar-refractivity contribution in [3.05, 3.63) is 122 Å². The number of azo groups is 2. The lowest BCUT2D eigenvalue weighted by Gasteiger charge is -2.07. The molecular formula is C28H20N6. The van der Waals surface area contributed by atoms with E-state index < -0.39 is 0 Å². The Morgan fingerprint density at radius 3 is 1.24 bits per heavy atom. The van der Waals surface area contributed by atoms with Gasteiger partial charge in [-0.1, -0.05) is 42.5 Å². The largest absolute Gasteiger partial charge is 0.262 e. The first kappa shape index (κ1) is 21.0. The van der Waals surface area contributed by atoms with Crippen molar-refractivity contribution in [2.24, 2.45) is 20.5 Å². The number of rotatable bonds is 6. The maximum absolute atomic E-state index is 4.28. The standard InChI is InChI=1S/C28H20N6/c1-4-23(21-8-12-25(13-9-21)31-33-27-6-2-16-29-19-27)18-24(5-1)22-10-14-26(15-11-22)32-34-28-7-3-17-30-20-28/h1-20H. The van der Waals surface area contributed by atoms with Crippen molar-refractivity contribution in [3.8, 4) is 22.3 Å². The van der Waals surface area contributed by atoms with Gasteiger partial charge in [0.1, 0.15) is 11.4 Å². The van der Waals surface area contributed by atoms with Crippen LogP contribution in [0.2, 0.25) is 0 Å². The highest BCUT2D eigenvalue weighted by Gasteiger charge is 2.03. The summed E-state index contributed by atoms with van der Waals surface area (Å²) in [5, 5.41) is 17.0. The normalized spacial score (nSPS) is 11.3. The lowest BCUT2D eigenvalue weighted by molar-refractivity contribution is 1.20. The van der Waals surface area contributed by atoms with Gasteiger partial charge in [0.15, 0.2) is 0 Å². The first-order valence-corrected chi connectivity index (χ1v) is 10.8. The van der Waals surface area contributed by atoms with Crippen LogP contribution in [0.3, 0.4) is 0 Å². The minimum Gasteiger partial charge on any atom is -0.262 e. The summed E-state index contributed by atoms with van der Waals surface area (Å²) in [6.07, 6.45) is 6.79. The minimum atomic E-state index is 0.726. The molecule has 3 aromatic carbocycles. The highest BCUT2D eigenvalue weighted by Crippen LogP contribution is 2.29. The summed E-state index contributed by atoms with van der Waals surface area (Å²) in [5.41, 5.74) is 7.53. The van der Waals surface area contributed by atoms with E-state index in [9.17, 15) is 0 Å². The van der Waals surface area contributed by atoms with Crippen molar-refractivity contribution < 1.29 is 0 Å². The van der Waals surface area contributed by atoms with Crippen LogP contribution in [0.1, 0.15) is 0 Å². The Morgan fingerprint density at radius 1 is 0.382 bits per heavy atom. The van der Waals surface area contributed by atoms with Gasteiger partial charge in [-0.2, -0.15) is 10.2 Å². The number of nitrogens with zero attached hydrogens (tertiary/aromatic N) is 6. The number of pyridine rings is 2. The average molecular weight is 441 g/mol. The average Bonchev–Trinajstić information content (AvgIpc) is 2.93. The summed E-state index contributed by atoms with van der Waals surface area (Å²) in [7, 11) is 0. The Labute approximate surface area is 197 Å². The van der Waals surface area contributed by atoms with Gasteiger partial charge in [-0.05, 0) is 76.9 Å². The molecule has 0 saturated carbocycles. The summed E-state index contributed by atoms with van der Waals surface area (Å²) in [6, 6.07) is 31.9. The van der Waals surface area contributed by atoms with Crippen molar-refractivity contribution in [2.75, 3.05) is 0 Å². The Balaban J connectivity index is 1.30. The van der Waals surface area contributed by atoms with Crippen molar-refractivity contribution in [1.29, 1.82) is 0 Å². The molecule has 0 saturated heterocycles. The van der Waals surface area contributed by atoms with Crippen LogP contribution in [-0.2, 0) is 0 Å². The summed E-state index contributed by atoms with van der Waals surface area (Å²) in [6.45, 7) is 0. The zero-order valence-electron chi connectivity index (χ0n) is 18.2. The van der Waals surface area contributed by atoms with E-state index in [0.29, 0.717) is 0 Å². The van der Waals surface area contributed by atoms with E-state index in [4.69, 9.17) is 0 Å². The SMILES string of the molecule is c1cncc(N=Nc2ccc(-c3cccc(-c4ccc(N=Nc5cccnc5)cc4)c3)cc2)c1. The molecule has 34 heavy (non-hydrogen) atoms. The summed E-state index contributed by atoms with van der Waals surface area (Å²) in [4.78, 5) is 8.09. The van der Waals surface area contributed by atoms with Gasteiger partial charge < -0.3 is 0 Å². The molecule has 0 spiro atoms. The molecule has 5 aromatic rings. The monoisotopic (exact) mass is 440 g/mol. The van der Waals surface area contributed by atoms with Gasteiger partial charge in [0, 0.05) is 12.4 Å². The van der Waals surface area contributed by atoms with Gasteiger partial charge in [0.05, 0.1) is 23.8 Å². The predicted molar refractivity (Wildman–Crippen MR) is 134 cm³/mol. The van der Waals surface area contributed by atoms with E-state index in [1.807, 2.05) is 48.5 Å². The van der Waals surface area contributed by atoms with Crippen LogP contribution in [0, 0.1) is 0 Å². The van der Waals surface area contributed by atoms with E-state index in [1.54, 1.807) is 24.8 Å². The van der Waals surface area contributed by atoms with Crippen LogP contribution in [-0.4, -0.2) is 9.97 Å². The number of hydrogen-bond acceptors (Lipinski definition) is 6. The number of aromatic nitrogens is 2. The van der Waals surface area contributed by atoms with E-state index in [2.05, 4.69) is 79.0 Å². The third kappa shape index (κ3) is 5.31. The molecule has 0 aliphatic heterocycles. The third-order valence-electron chi connectivity index (χ3n) is 5.12. The molecule has 6 nitrogen and oxygen atoms in total. The Morgan fingerprint density at radius 2 is 0.824 bits per heavy atom. The van der Waals surface area contributed by atoms with Gasteiger partial charge >= 0.3 is 0 Å². The van der Waals surface area contributed by atoms with E-state index >= 15 is 0 Å². The molecule has 162 valence electrons. The Bertz CT molecular complexity index is 1300. The van der Waals surface area contributed by atoms with Crippen LogP contribution in [0.25, 0.3) is 22.3 Å². The van der Waals surface area contributed by atoms with Crippen LogP contribution in [0.15, 0.2) is 142 Å². The van der Waals surface area contributed by atoms with Crippen LogP contribution in [0.5, 0.6) is 0 Å². The van der Waals surface area contributed by atoms with E-state index in [-0.39, 0.29) is 0 Å². The molecule has 0 fully saturated rings. The quantitative estimate of drug-likeness (QED) is 0.248. The minimum absolute atomic E-state index is 0.726. The van der Waals surface area contributed by atoms with Crippen molar-refractivity contribution in [2.45, 2.75) is 0 Å². The fourth-order valence-corrected chi connectivity index (χ4v) is 3.38. The number of benzene rings is 3. The number of hydrogen-bond donors (Lipinski definition) is 0. The van der Waals surface area contributed by atoms with Gasteiger partial charge in [-0.3, -0.25) is 9.97 Å². The van der Waals surface area contributed by atoms with Crippen LogP contribution in [0.4, 0.5) is 22.7 Å². The molecular weight excluding hydrogens is 420 g/mol. The maximum atomic E-state index is 4.28. The molecule has 0 radical (unpaired) electrons. The molecule has 5 rings (SSSR count). The van der Waals surface area contributed by atoms with E-state index in [1.165, 1.54) is 0 Å². The van der Waals surface area contributed by atoms with Crippen molar-refractivity contribution in [1.82, 2.24) is 9.97 Å². The summed E-state index contributed by atoms with van der Waals surface area (Å²) in [5.74, 6) is 0.